The van der Waals surface area contributed by atoms with Crippen molar-refractivity contribution in [3.05, 3.63) is 10.1 Å². The molecule has 7 nitrogen and oxygen atoms in total. The van der Waals surface area contributed by atoms with Crippen LogP contribution in [0.5, 0.6) is 0 Å². The van der Waals surface area contributed by atoms with Gasteiger partial charge in [-0.25, -0.2) is 0 Å². The van der Waals surface area contributed by atoms with Crippen LogP contribution in [0.1, 0.15) is 0 Å². The van der Waals surface area contributed by atoms with Crippen LogP contribution in [0.15, 0.2) is 0 Å². The Morgan fingerprint density at radius 3 is 2.13 bits per heavy atom. The molecule has 0 aliphatic heterocycles. The minimum Gasteiger partial charge on any atom is -0.390 e. The first-order valence-corrected chi connectivity index (χ1v) is 3.05. The molecular formula is C3F5N5O2. The first-order chi connectivity index (χ1) is 6.66. The number of tetrazole rings is 1. The van der Waals surface area contributed by atoms with Crippen LogP contribution in [0.25, 0.3) is 0 Å². The van der Waals surface area contributed by atoms with Gasteiger partial charge in [0, 0.05) is 0 Å². The fourth-order valence-electron chi connectivity index (χ4n) is 0.512. The smallest absolute Gasteiger partial charge is 0.390 e. The number of hydrogen-bond donors (Lipinski definition) is 0. The van der Waals surface area contributed by atoms with E-state index in [1.807, 2.05) is 0 Å². The number of aromatic nitrogens is 4. The lowest BCUT2D eigenvalue weighted by molar-refractivity contribution is -0.395. The van der Waals surface area contributed by atoms with Gasteiger partial charge in [0.1, 0.15) is 0 Å². The van der Waals surface area contributed by atoms with Gasteiger partial charge in [-0.2, -0.15) is 22.0 Å². The molecule has 0 N–H and O–H groups in total. The summed E-state index contributed by atoms with van der Waals surface area (Å²) < 4.78 is 59.8. The number of nitro groups is 1. The van der Waals surface area contributed by atoms with Gasteiger partial charge in [-0.05, 0) is 9.72 Å². The van der Waals surface area contributed by atoms with Crippen LogP contribution in [0.3, 0.4) is 0 Å². The summed E-state index contributed by atoms with van der Waals surface area (Å²) in [5.41, 5.74) is 0. The quantitative estimate of drug-likeness (QED) is 0.426. The Kier molecular flexibility index (Phi) is 2.29. The topological polar surface area (TPSA) is 86.7 Å². The molecule has 0 fully saturated rings. The molecule has 84 valence electrons. The number of rotatable bonds is 2. The van der Waals surface area contributed by atoms with Gasteiger partial charge >= 0.3 is 18.2 Å². The molecule has 0 bridgehead atoms. The monoisotopic (exact) mass is 233 g/mol. The van der Waals surface area contributed by atoms with Gasteiger partial charge < -0.3 is 10.1 Å². The molecular weight excluding hydrogens is 233 g/mol. The van der Waals surface area contributed by atoms with Crippen molar-refractivity contribution in [3.63, 3.8) is 0 Å². The van der Waals surface area contributed by atoms with Crippen molar-refractivity contribution in [3.8, 4) is 0 Å². The van der Waals surface area contributed by atoms with Gasteiger partial charge in [-0.3, -0.25) is 0 Å². The van der Waals surface area contributed by atoms with Gasteiger partial charge in [0.15, 0.2) is 0 Å². The Hall–Kier alpha value is -1.88. The summed E-state index contributed by atoms with van der Waals surface area (Å²) in [5.74, 6) is -1.45. The van der Waals surface area contributed by atoms with Crippen LogP contribution < -0.4 is 0 Å². The second kappa shape index (κ2) is 3.06. The van der Waals surface area contributed by atoms with E-state index >= 15 is 0 Å². The summed E-state index contributed by atoms with van der Waals surface area (Å²) in [6.07, 6.45) is -5.96. The predicted octanol–water partition coefficient (Wildman–Crippen LogP) is 0.693. The lowest BCUT2D eigenvalue weighted by Gasteiger charge is -2.14. The molecule has 0 atom stereocenters. The van der Waals surface area contributed by atoms with E-state index in [0.29, 0.717) is 0 Å². The number of nitrogens with zero attached hydrogens (tertiary/aromatic N) is 5. The fourth-order valence-corrected chi connectivity index (χ4v) is 0.512. The summed E-state index contributed by atoms with van der Waals surface area (Å²) in [6, 6.07) is -5.44. The van der Waals surface area contributed by atoms with E-state index in [1.165, 1.54) is 0 Å². The van der Waals surface area contributed by atoms with E-state index in [4.69, 9.17) is 0 Å². The van der Waals surface area contributed by atoms with Crippen LogP contribution >= 0.6 is 0 Å². The summed E-state index contributed by atoms with van der Waals surface area (Å²) in [5, 5.41) is 16.8. The largest absolute Gasteiger partial charge is 0.514 e. The third-order valence-corrected chi connectivity index (χ3v) is 1.16. The lowest BCUT2D eigenvalue weighted by Crippen LogP contribution is -2.41. The van der Waals surface area contributed by atoms with E-state index in [2.05, 4.69) is 15.4 Å². The minimum atomic E-state index is -5.96. The van der Waals surface area contributed by atoms with E-state index in [-0.39, 0.29) is 0 Å². The van der Waals surface area contributed by atoms with Crippen molar-refractivity contribution < 1.29 is 26.9 Å². The van der Waals surface area contributed by atoms with Crippen LogP contribution in [-0.2, 0) is 6.05 Å². The molecule has 0 aromatic carbocycles. The molecule has 0 saturated carbocycles. The zero-order valence-corrected chi connectivity index (χ0v) is 6.44. The molecule has 1 rings (SSSR count). The maximum Gasteiger partial charge on any atom is 0.514 e. The molecule has 1 aromatic heterocycles. The second-order valence-electron chi connectivity index (χ2n) is 2.17. The molecule has 15 heavy (non-hydrogen) atoms. The van der Waals surface area contributed by atoms with E-state index < -0.39 is 27.9 Å². The molecule has 1 heterocycles. The summed E-state index contributed by atoms with van der Waals surface area (Å²) in [4.78, 5) is 7.38. The SMILES string of the molecule is O=[N+]([O-])c1nnn(C(F)(F)C(F)(F)F)n1. The van der Waals surface area contributed by atoms with Crippen molar-refractivity contribution in [2.24, 2.45) is 0 Å². The van der Waals surface area contributed by atoms with Crippen molar-refractivity contribution in [1.82, 2.24) is 20.2 Å². The number of alkyl halides is 5. The maximum atomic E-state index is 12.4. The molecule has 0 aliphatic rings. The van der Waals surface area contributed by atoms with Crippen molar-refractivity contribution in [2.75, 3.05) is 0 Å². The van der Waals surface area contributed by atoms with Gasteiger partial charge in [-0.15, -0.1) is 0 Å². The first-order valence-electron chi connectivity index (χ1n) is 3.05. The lowest BCUT2D eigenvalue weighted by atomic mass is 10.5. The fraction of sp³-hybridized carbons (Fsp3) is 0.667. The van der Waals surface area contributed by atoms with Crippen molar-refractivity contribution in [2.45, 2.75) is 12.2 Å². The Labute approximate surface area is 76.6 Å². The van der Waals surface area contributed by atoms with Gasteiger partial charge in [-0.1, -0.05) is 0 Å². The third-order valence-electron chi connectivity index (χ3n) is 1.16. The van der Waals surface area contributed by atoms with Crippen LogP contribution in [0.4, 0.5) is 27.9 Å². The Balaban J connectivity index is 3.11. The molecule has 12 heteroatoms. The molecule has 1 aromatic rings. The Morgan fingerprint density at radius 1 is 1.27 bits per heavy atom. The highest BCUT2D eigenvalue weighted by molar-refractivity contribution is 4.93. The number of hydrogen-bond acceptors (Lipinski definition) is 5. The second-order valence-corrected chi connectivity index (χ2v) is 2.17. The molecule has 0 radical (unpaired) electrons. The van der Waals surface area contributed by atoms with Gasteiger partial charge in [0.05, 0.1) is 15.4 Å². The molecule has 0 amide bonds. The van der Waals surface area contributed by atoms with Crippen LogP contribution in [0.2, 0.25) is 0 Å². The standard InChI is InChI=1S/C3F5N5O2/c4-2(5,6)3(7,8)13-10-1(9-11-13)12(14)15. The zero-order chi connectivity index (χ0) is 11.9. The first kappa shape index (κ1) is 11.2. The third kappa shape index (κ3) is 1.82. The molecule has 0 aliphatic carbocycles. The summed E-state index contributed by atoms with van der Waals surface area (Å²) >= 11 is 0. The Bertz CT molecular complexity index is 384. The summed E-state index contributed by atoms with van der Waals surface area (Å²) in [6.45, 7) is 0. The van der Waals surface area contributed by atoms with E-state index in [0.717, 1.165) is 0 Å². The van der Waals surface area contributed by atoms with E-state index in [1.54, 1.807) is 0 Å². The highest BCUT2D eigenvalue weighted by atomic mass is 19.4. The van der Waals surface area contributed by atoms with Crippen LogP contribution in [-0.4, -0.2) is 31.3 Å². The van der Waals surface area contributed by atoms with E-state index in [9.17, 15) is 32.1 Å². The average Bonchev–Trinajstić information content (AvgIpc) is 2.49. The molecule has 0 saturated heterocycles. The minimum absolute atomic E-state index is 1.16. The number of halogens is 5. The van der Waals surface area contributed by atoms with Crippen molar-refractivity contribution >= 4 is 5.95 Å². The average molecular weight is 233 g/mol. The predicted molar refractivity (Wildman–Crippen MR) is 30.7 cm³/mol. The molecule has 0 unspecified atom stereocenters. The maximum absolute atomic E-state index is 12.4. The normalized spacial score (nSPS) is 12.9. The van der Waals surface area contributed by atoms with Gasteiger partial charge in [0.25, 0.3) is 0 Å². The highest BCUT2D eigenvalue weighted by Gasteiger charge is 2.63. The summed E-state index contributed by atoms with van der Waals surface area (Å²) in [7, 11) is 0. The highest BCUT2D eigenvalue weighted by Crippen LogP contribution is 2.38. The van der Waals surface area contributed by atoms with Gasteiger partial charge in [0.2, 0.25) is 0 Å². The van der Waals surface area contributed by atoms with Crippen molar-refractivity contribution in [1.29, 1.82) is 0 Å². The molecule has 0 spiro atoms. The van der Waals surface area contributed by atoms with Crippen LogP contribution in [0, 0.1) is 10.1 Å². The Morgan fingerprint density at radius 2 is 1.80 bits per heavy atom. The zero-order valence-electron chi connectivity index (χ0n) is 6.44.